The summed E-state index contributed by atoms with van der Waals surface area (Å²) in [7, 11) is 0. The van der Waals surface area contributed by atoms with E-state index in [-0.39, 0.29) is 5.82 Å². The Morgan fingerprint density at radius 3 is 2.55 bits per heavy atom. The Morgan fingerprint density at radius 2 is 1.84 bits per heavy atom. The molecule has 3 aromatic rings. The molecular formula is C22H28F3N5O. The molecule has 0 atom stereocenters. The van der Waals surface area contributed by atoms with Gasteiger partial charge in [0.1, 0.15) is 5.82 Å². The largest absolute Gasteiger partial charge is 0.471 e. The third-order valence-electron chi connectivity index (χ3n) is 5.07. The molecule has 0 bridgehead atoms. The monoisotopic (exact) mass is 435 g/mol. The molecule has 0 fully saturated rings. The van der Waals surface area contributed by atoms with Gasteiger partial charge in [0.15, 0.2) is 5.82 Å². The molecule has 0 saturated heterocycles. The Kier molecular flexibility index (Phi) is 7.84. The first-order chi connectivity index (χ1) is 14.9. The fourth-order valence-corrected chi connectivity index (χ4v) is 3.52. The third-order valence-corrected chi connectivity index (χ3v) is 5.07. The zero-order valence-corrected chi connectivity index (χ0v) is 17.7. The summed E-state index contributed by atoms with van der Waals surface area (Å²) >= 11 is 0. The molecule has 0 spiro atoms. The van der Waals surface area contributed by atoms with Gasteiger partial charge in [-0.3, -0.25) is 0 Å². The number of rotatable bonds is 11. The topological polar surface area (TPSA) is 82.8 Å². The number of halogens is 3. The third kappa shape index (κ3) is 6.16. The van der Waals surface area contributed by atoms with Crippen molar-refractivity contribution < 1.29 is 17.7 Å². The Labute approximate surface area is 179 Å². The normalized spacial score (nSPS) is 12.4. The number of benzene rings is 1. The van der Waals surface area contributed by atoms with Crippen LogP contribution in [-0.4, -0.2) is 26.2 Å². The van der Waals surface area contributed by atoms with Gasteiger partial charge in [0.25, 0.3) is 0 Å². The molecule has 9 heteroatoms. The molecule has 1 aromatic carbocycles. The van der Waals surface area contributed by atoms with Crippen molar-refractivity contribution in [3.63, 3.8) is 0 Å². The van der Waals surface area contributed by atoms with E-state index in [0.717, 1.165) is 35.3 Å². The lowest BCUT2D eigenvalue weighted by Crippen LogP contribution is -2.12. The van der Waals surface area contributed by atoms with Crippen molar-refractivity contribution in [2.45, 2.75) is 64.6 Å². The summed E-state index contributed by atoms with van der Waals surface area (Å²) in [5, 5.41) is 3.34. The van der Waals surface area contributed by atoms with Gasteiger partial charge in [0.2, 0.25) is 0 Å². The molecule has 168 valence electrons. The molecule has 31 heavy (non-hydrogen) atoms. The number of alkyl halides is 3. The molecular weight excluding hydrogens is 407 g/mol. The summed E-state index contributed by atoms with van der Waals surface area (Å²) in [4.78, 5) is 8.13. The van der Waals surface area contributed by atoms with Crippen LogP contribution in [0.3, 0.4) is 0 Å². The SMILES string of the molecule is CCCCCCCCc1nc2cc(/C=C/c3noc(C(F)(F)F)n3)ccc2n1CCN. The lowest BCUT2D eigenvalue weighted by molar-refractivity contribution is -0.159. The fraction of sp³-hybridized carbons (Fsp3) is 0.500. The number of fused-ring (bicyclic) bond motifs is 1. The minimum Gasteiger partial charge on any atom is -0.329 e. The second-order valence-corrected chi connectivity index (χ2v) is 7.52. The summed E-state index contributed by atoms with van der Waals surface area (Å²) in [6, 6.07) is 5.74. The van der Waals surface area contributed by atoms with Crippen LogP contribution in [0.5, 0.6) is 0 Å². The van der Waals surface area contributed by atoms with E-state index in [2.05, 4.69) is 26.2 Å². The minimum atomic E-state index is -4.65. The Balaban J connectivity index is 1.72. The van der Waals surface area contributed by atoms with E-state index in [1.165, 1.54) is 38.2 Å². The quantitative estimate of drug-likeness (QED) is 0.404. The van der Waals surface area contributed by atoms with Crippen molar-refractivity contribution in [3.05, 3.63) is 41.3 Å². The van der Waals surface area contributed by atoms with Gasteiger partial charge in [0.05, 0.1) is 11.0 Å². The first-order valence-electron chi connectivity index (χ1n) is 10.7. The predicted molar refractivity (Wildman–Crippen MR) is 114 cm³/mol. The summed E-state index contributed by atoms with van der Waals surface area (Å²) < 4.78 is 44.1. The maximum Gasteiger partial charge on any atom is 0.471 e. The number of nitrogens with two attached hydrogens (primary N) is 1. The van der Waals surface area contributed by atoms with E-state index in [1.807, 2.05) is 18.2 Å². The average molecular weight is 435 g/mol. The van der Waals surface area contributed by atoms with Crippen LogP contribution in [0.2, 0.25) is 0 Å². The van der Waals surface area contributed by atoms with Crippen molar-refractivity contribution in [1.29, 1.82) is 0 Å². The highest BCUT2D eigenvalue weighted by molar-refractivity contribution is 5.81. The van der Waals surface area contributed by atoms with Gasteiger partial charge in [-0.15, -0.1) is 0 Å². The van der Waals surface area contributed by atoms with Gasteiger partial charge in [-0.25, -0.2) is 4.98 Å². The van der Waals surface area contributed by atoms with E-state index in [0.29, 0.717) is 13.1 Å². The first-order valence-corrected chi connectivity index (χ1v) is 10.7. The highest BCUT2D eigenvalue weighted by Crippen LogP contribution is 2.27. The van der Waals surface area contributed by atoms with E-state index in [1.54, 1.807) is 6.08 Å². The predicted octanol–water partition coefficient (Wildman–Crippen LogP) is 5.47. The average Bonchev–Trinajstić information content (AvgIpc) is 3.34. The van der Waals surface area contributed by atoms with Crippen molar-refractivity contribution in [1.82, 2.24) is 19.7 Å². The fourth-order valence-electron chi connectivity index (χ4n) is 3.52. The number of aromatic nitrogens is 4. The Hall–Kier alpha value is -2.68. The van der Waals surface area contributed by atoms with Crippen LogP contribution in [-0.2, 0) is 19.1 Å². The van der Waals surface area contributed by atoms with Gasteiger partial charge in [-0.2, -0.15) is 18.2 Å². The zero-order valence-electron chi connectivity index (χ0n) is 17.7. The van der Waals surface area contributed by atoms with Gasteiger partial charge in [-0.1, -0.05) is 56.3 Å². The van der Waals surface area contributed by atoms with E-state index >= 15 is 0 Å². The lowest BCUT2D eigenvalue weighted by atomic mass is 10.1. The summed E-state index contributed by atoms with van der Waals surface area (Å²) in [6.07, 6.45) is 6.57. The molecule has 0 aliphatic carbocycles. The highest BCUT2D eigenvalue weighted by atomic mass is 19.4. The van der Waals surface area contributed by atoms with Crippen LogP contribution >= 0.6 is 0 Å². The van der Waals surface area contributed by atoms with Crippen LogP contribution in [0, 0.1) is 0 Å². The highest BCUT2D eigenvalue weighted by Gasteiger charge is 2.38. The van der Waals surface area contributed by atoms with Crippen LogP contribution < -0.4 is 5.73 Å². The zero-order chi connectivity index (χ0) is 22.3. The number of hydrogen-bond acceptors (Lipinski definition) is 5. The lowest BCUT2D eigenvalue weighted by Gasteiger charge is -2.07. The number of hydrogen-bond donors (Lipinski definition) is 1. The van der Waals surface area contributed by atoms with Crippen LogP contribution in [0.15, 0.2) is 22.7 Å². The second kappa shape index (κ2) is 10.6. The second-order valence-electron chi connectivity index (χ2n) is 7.52. The molecule has 0 amide bonds. The van der Waals surface area contributed by atoms with Gasteiger partial charge in [-0.05, 0) is 30.2 Å². The molecule has 0 aliphatic heterocycles. The molecule has 0 unspecified atom stereocenters. The van der Waals surface area contributed by atoms with Crippen LogP contribution in [0.25, 0.3) is 23.2 Å². The summed E-state index contributed by atoms with van der Waals surface area (Å²) in [5.41, 5.74) is 8.42. The maximum absolute atomic E-state index is 12.6. The van der Waals surface area contributed by atoms with Crippen molar-refractivity contribution in [2.75, 3.05) is 6.54 Å². The van der Waals surface area contributed by atoms with Crippen molar-refractivity contribution in [2.24, 2.45) is 5.73 Å². The molecule has 0 aliphatic rings. The van der Waals surface area contributed by atoms with Crippen LogP contribution in [0.4, 0.5) is 13.2 Å². The molecule has 2 N–H and O–H groups in total. The van der Waals surface area contributed by atoms with E-state index < -0.39 is 12.1 Å². The maximum atomic E-state index is 12.6. The summed E-state index contributed by atoms with van der Waals surface area (Å²) in [6.45, 7) is 3.43. The summed E-state index contributed by atoms with van der Waals surface area (Å²) in [5.74, 6) is -0.475. The number of imidazole rings is 1. The molecule has 2 heterocycles. The van der Waals surface area contributed by atoms with Gasteiger partial charge < -0.3 is 14.8 Å². The Bertz CT molecular complexity index is 1010. The standard InChI is InChI=1S/C22H28F3N5O/c1-2-3-4-5-6-7-8-20-27-17-15-16(9-11-18(17)30(20)14-13-26)10-12-19-28-21(31-29-19)22(23,24)25/h9-12,15H,2-8,13-14,26H2,1H3/b12-10+. The smallest absolute Gasteiger partial charge is 0.329 e. The minimum absolute atomic E-state index is 0.134. The number of unbranched alkanes of at least 4 members (excludes halogenated alkanes) is 5. The molecule has 2 aromatic heterocycles. The first kappa shape index (κ1) is 23.0. The molecule has 0 saturated carbocycles. The van der Waals surface area contributed by atoms with E-state index in [9.17, 15) is 13.2 Å². The van der Waals surface area contributed by atoms with Crippen LogP contribution in [0.1, 0.15) is 68.6 Å². The number of aryl methyl sites for hydroxylation is 1. The molecule has 3 rings (SSSR count). The van der Waals surface area contributed by atoms with E-state index in [4.69, 9.17) is 10.7 Å². The number of nitrogens with zero attached hydrogens (tertiary/aromatic N) is 4. The molecule has 0 radical (unpaired) electrons. The van der Waals surface area contributed by atoms with Gasteiger partial charge >= 0.3 is 12.1 Å². The van der Waals surface area contributed by atoms with Gasteiger partial charge in [0, 0.05) is 19.5 Å². The molecule has 6 nitrogen and oxygen atoms in total. The van der Waals surface area contributed by atoms with Crippen molar-refractivity contribution >= 4 is 23.2 Å². The Morgan fingerprint density at radius 1 is 1.06 bits per heavy atom. The van der Waals surface area contributed by atoms with Crippen molar-refractivity contribution in [3.8, 4) is 0 Å².